The highest BCUT2D eigenvalue weighted by Gasteiger charge is 2.18. The Labute approximate surface area is 128 Å². The topological polar surface area (TPSA) is 94.3 Å². The maximum atomic E-state index is 12.3. The minimum atomic E-state index is -3.54. The van der Waals surface area contributed by atoms with Gasteiger partial charge >= 0.3 is 0 Å². The summed E-state index contributed by atoms with van der Waals surface area (Å²) in [6, 6.07) is 5.06. The zero-order chi connectivity index (χ0) is 15.5. The molecule has 0 saturated carbocycles. The molecule has 0 aromatic carbocycles. The third kappa shape index (κ3) is 3.79. The summed E-state index contributed by atoms with van der Waals surface area (Å²) < 4.78 is 32.4. The van der Waals surface area contributed by atoms with Crippen LogP contribution in [0.15, 0.2) is 28.6 Å². The van der Waals surface area contributed by atoms with Crippen molar-refractivity contribution >= 4 is 21.4 Å². The van der Waals surface area contributed by atoms with E-state index in [1.54, 1.807) is 24.4 Å². The molecule has 0 spiro atoms. The first-order valence-electron chi connectivity index (χ1n) is 6.24. The van der Waals surface area contributed by atoms with Gasteiger partial charge in [-0.2, -0.15) is 0 Å². The molecule has 0 amide bonds. The highest BCUT2D eigenvalue weighted by molar-refractivity contribution is 7.91. The number of thiophene rings is 1. The lowest BCUT2D eigenvalue weighted by molar-refractivity contribution is 0.397. The molecule has 2 aromatic heterocycles. The van der Waals surface area contributed by atoms with Gasteiger partial charge in [0.15, 0.2) is 0 Å². The number of aryl methyl sites for hydroxylation is 1. The molecule has 2 rings (SSSR count). The summed E-state index contributed by atoms with van der Waals surface area (Å²) in [6.07, 6.45) is 1.57. The molecule has 0 aliphatic heterocycles. The number of ether oxygens (including phenoxy) is 1. The zero-order valence-corrected chi connectivity index (χ0v) is 13.4. The van der Waals surface area contributed by atoms with Crippen LogP contribution in [0, 0.1) is 6.92 Å². The van der Waals surface area contributed by atoms with Crippen LogP contribution in [0.1, 0.15) is 16.0 Å². The number of nitrogens with two attached hydrogens (primary N) is 1. The van der Waals surface area contributed by atoms with Crippen molar-refractivity contribution in [3.05, 3.63) is 40.4 Å². The van der Waals surface area contributed by atoms with E-state index >= 15 is 0 Å². The van der Waals surface area contributed by atoms with Crippen molar-refractivity contribution in [3.63, 3.8) is 0 Å². The number of nitrogens with one attached hydrogen (secondary N) is 1. The second-order valence-corrected chi connectivity index (χ2v) is 7.54. The molecule has 114 valence electrons. The van der Waals surface area contributed by atoms with Gasteiger partial charge in [0, 0.05) is 30.2 Å². The smallest absolute Gasteiger partial charge is 0.250 e. The predicted molar refractivity (Wildman–Crippen MR) is 81.8 cm³/mol. The van der Waals surface area contributed by atoms with E-state index < -0.39 is 10.0 Å². The molecule has 2 aromatic rings. The molecular formula is C13H17N3O3S2. The molecule has 0 bridgehead atoms. The second-order valence-electron chi connectivity index (χ2n) is 4.41. The molecular weight excluding hydrogens is 310 g/mol. The largest absolute Gasteiger partial charge is 0.481 e. The molecule has 8 heteroatoms. The van der Waals surface area contributed by atoms with E-state index in [1.807, 2.05) is 6.92 Å². The number of aromatic nitrogens is 1. The standard InChI is InChI=1S/C13H17N3O3S2/c1-9-5-13(20-11(9)7-14)21(17,18)16-8-10-3-4-15-12(6-10)19-2/h3-6,16H,7-8,14H2,1-2H3. The maximum absolute atomic E-state index is 12.3. The van der Waals surface area contributed by atoms with Gasteiger partial charge in [0.05, 0.1) is 7.11 Å². The molecule has 0 aliphatic rings. The Balaban J connectivity index is 2.13. The predicted octanol–water partition coefficient (Wildman–Crippen LogP) is 1.40. The SMILES string of the molecule is COc1cc(CNS(=O)(=O)c2cc(C)c(CN)s2)ccn1. The van der Waals surface area contributed by atoms with E-state index in [9.17, 15) is 8.42 Å². The Kier molecular flexibility index (Phi) is 4.94. The Bertz CT molecular complexity index is 726. The number of hydrogen-bond acceptors (Lipinski definition) is 6. The van der Waals surface area contributed by atoms with Crippen molar-refractivity contribution in [3.8, 4) is 5.88 Å². The Morgan fingerprint density at radius 3 is 2.81 bits per heavy atom. The molecule has 0 saturated heterocycles. The fraction of sp³-hybridized carbons (Fsp3) is 0.308. The van der Waals surface area contributed by atoms with E-state index in [4.69, 9.17) is 10.5 Å². The van der Waals surface area contributed by atoms with Crippen LogP contribution in [0.2, 0.25) is 0 Å². The summed E-state index contributed by atoms with van der Waals surface area (Å²) in [5.41, 5.74) is 7.25. The summed E-state index contributed by atoms with van der Waals surface area (Å²) in [4.78, 5) is 4.85. The molecule has 3 N–H and O–H groups in total. The van der Waals surface area contributed by atoms with E-state index in [1.165, 1.54) is 18.4 Å². The van der Waals surface area contributed by atoms with Gasteiger partial charge in [-0.3, -0.25) is 0 Å². The van der Waals surface area contributed by atoms with Gasteiger partial charge in [-0.25, -0.2) is 18.1 Å². The lowest BCUT2D eigenvalue weighted by Crippen LogP contribution is -2.22. The van der Waals surface area contributed by atoms with Crippen LogP contribution < -0.4 is 15.2 Å². The monoisotopic (exact) mass is 327 g/mol. The number of methoxy groups -OCH3 is 1. The van der Waals surface area contributed by atoms with Crippen molar-refractivity contribution in [1.82, 2.24) is 9.71 Å². The zero-order valence-electron chi connectivity index (χ0n) is 11.8. The first kappa shape index (κ1) is 15.9. The molecule has 0 atom stereocenters. The number of nitrogens with zero attached hydrogens (tertiary/aromatic N) is 1. The van der Waals surface area contributed by atoms with Gasteiger partial charge in [0.25, 0.3) is 0 Å². The van der Waals surface area contributed by atoms with Crippen LogP contribution in [0.5, 0.6) is 5.88 Å². The van der Waals surface area contributed by atoms with Crippen LogP contribution >= 0.6 is 11.3 Å². The maximum Gasteiger partial charge on any atom is 0.250 e. The van der Waals surface area contributed by atoms with Crippen LogP contribution in [0.4, 0.5) is 0 Å². The Morgan fingerprint density at radius 1 is 1.43 bits per heavy atom. The van der Waals surface area contributed by atoms with Crippen LogP contribution in [-0.4, -0.2) is 20.5 Å². The lowest BCUT2D eigenvalue weighted by atomic mass is 10.3. The first-order valence-corrected chi connectivity index (χ1v) is 8.54. The summed E-state index contributed by atoms with van der Waals surface area (Å²) in [5, 5.41) is 0. The molecule has 0 unspecified atom stereocenters. The summed E-state index contributed by atoms with van der Waals surface area (Å²) in [5.74, 6) is 0.448. The van der Waals surface area contributed by atoms with Crippen molar-refractivity contribution in [2.24, 2.45) is 5.73 Å². The molecule has 21 heavy (non-hydrogen) atoms. The highest BCUT2D eigenvalue weighted by Crippen LogP contribution is 2.25. The Hall–Kier alpha value is -1.48. The van der Waals surface area contributed by atoms with Gasteiger partial charge < -0.3 is 10.5 Å². The van der Waals surface area contributed by atoms with E-state index in [0.717, 1.165) is 16.0 Å². The first-order chi connectivity index (χ1) is 9.96. The van der Waals surface area contributed by atoms with Crippen LogP contribution in [0.25, 0.3) is 0 Å². The molecule has 0 fully saturated rings. The van der Waals surface area contributed by atoms with E-state index in [-0.39, 0.29) is 10.8 Å². The highest BCUT2D eigenvalue weighted by atomic mass is 32.2. The lowest BCUT2D eigenvalue weighted by Gasteiger charge is -2.06. The fourth-order valence-electron chi connectivity index (χ4n) is 1.75. The Morgan fingerprint density at radius 2 is 2.19 bits per heavy atom. The van der Waals surface area contributed by atoms with Gasteiger partial charge in [-0.1, -0.05) is 0 Å². The molecule has 6 nitrogen and oxygen atoms in total. The van der Waals surface area contributed by atoms with E-state index in [0.29, 0.717) is 12.4 Å². The summed E-state index contributed by atoms with van der Waals surface area (Å²) in [7, 11) is -2.03. The van der Waals surface area contributed by atoms with E-state index in [2.05, 4.69) is 9.71 Å². The van der Waals surface area contributed by atoms with Crippen molar-refractivity contribution < 1.29 is 13.2 Å². The average Bonchev–Trinajstić information content (AvgIpc) is 2.87. The number of rotatable bonds is 6. The quantitative estimate of drug-likeness (QED) is 0.836. The second kappa shape index (κ2) is 6.52. The molecule has 2 heterocycles. The molecule has 0 aliphatic carbocycles. The van der Waals surface area contributed by atoms with Gasteiger partial charge in [0.2, 0.25) is 15.9 Å². The third-order valence-corrected chi connectivity index (χ3v) is 6.06. The minimum absolute atomic E-state index is 0.177. The van der Waals surface area contributed by atoms with Crippen molar-refractivity contribution in [2.45, 2.75) is 24.2 Å². The van der Waals surface area contributed by atoms with Gasteiger partial charge in [-0.15, -0.1) is 11.3 Å². The third-order valence-electron chi connectivity index (χ3n) is 2.92. The average molecular weight is 327 g/mol. The van der Waals surface area contributed by atoms with Crippen molar-refractivity contribution in [1.29, 1.82) is 0 Å². The van der Waals surface area contributed by atoms with Crippen molar-refractivity contribution in [2.75, 3.05) is 7.11 Å². The summed E-state index contributed by atoms with van der Waals surface area (Å²) in [6.45, 7) is 2.37. The normalized spacial score (nSPS) is 11.6. The number of pyridine rings is 1. The number of hydrogen-bond donors (Lipinski definition) is 2. The van der Waals surface area contributed by atoms with Gasteiger partial charge in [-0.05, 0) is 30.2 Å². The summed E-state index contributed by atoms with van der Waals surface area (Å²) >= 11 is 1.20. The van der Waals surface area contributed by atoms with Crippen LogP contribution in [-0.2, 0) is 23.1 Å². The fourth-order valence-corrected chi connectivity index (χ4v) is 4.28. The van der Waals surface area contributed by atoms with Gasteiger partial charge in [0.1, 0.15) is 4.21 Å². The number of sulfonamides is 1. The van der Waals surface area contributed by atoms with Crippen LogP contribution in [0.3, 0.4) is 0 Å². The minimum Gasteiger partial charge on any atom is -0.481 e. The molecule has 0 radical (unpaired) electrons.